The van der Waals surface area contributed by atoms with E-state index in [2.05, 4.69) is 0 Å². The predicted molar refractivity (Wildman–Crippen MR) is 49.0 cm³/mol. The Labute approximate surface area is 75.6 Å². The molecule has 12 heavy (non-hydrogen) atoms. The first kappa shape index (κ1) is 12.0. The van der Waals surface area contributed by atoms with Gasteiger partial charge in [0.05, 0.1) is 19.3 Å². The maximum absolute atomic E-state index is 10.1. The second-order valence-corrected chi connectivity index (χ2v) is 3.37. The largest absolute Gasteiger partial charge is 0.382 e. The number of hydrogen-bond acceptors (Lipinski definition) is 3. The van der Waals surface area contributed by atoms with Gasteiger partial charge in [-0.15, -0.1) is 0 Å². The molecule has 0 aliphatic rings. The van der Waals surface area contributed by atoms with Crippen molar-refractivity contribution in [2.24, 2.45) is 0 Å². The molecule has 0 fully saturated rings. The van der Waals surface area contributed by atoms with Crippen molar-refractivity contribution in [3.05, 3.63) is 0 Å². The SMILES string of the molecule is COCCOC(C)CCCP=O. The maximum Gasteiger partial charge on any atom is 0.155 e. The highest BCUT2D eigenvalue weighted by molar-refractivity contribution is 7.23. The van der Waals surface area contributed by atoms with Crippen molar-refractivity contribution in [2.45, 2.75) is 25.9 Å². The Morgan fingerprint density at radius 2 is 2.17 bits per heavy atom. The van der Waals surface area contributed by atoms with Gasteiger partial charge in [0.1, 0.15) is 0 Å². The molecule has 0 amide bonds. The van der Waals surface area contributed by atoms with Gasteiger partial charge in [-0.1, -0.05) is 0 Å². The van der Waals surface area contributed by atoms with Crippen LogP contribution in [-0.2, 0) is 14.0 Å². The second kappa shape index (κ2) is 9.11. The van der Waals surface area contributed by atoms with Crippen LogP contribution in [0.2, 0.25) is 0 Å². The van der Waals surface area contributed by atoms with Gasteiger partial charge in [0.15, 0.2) is 8.46 Å². The third kappa shape index (κ3) is 8.12. The summed E-state index contributed by atoms with van der Waals surface area (Å²) in [6.07, 6.45) is 2.91. The van der Waals surface area contributed by atoms with Crippen LogP contribution in [0, 0.1) is 0 Å². The summed E-state index contributed by atoms with van der Waals surface area (Å²) in [5.41, 5.74) is 0. The number of ether oxygens (including phenoxy) is 2. The second-order valence-electron chi connectivity index (χ2n) is 2.67. The normalized spacial score (nSPS) is 13.5. The van der Waals surface area contributed by atoms with Gasteiger partial charge >= 0.3 is 0 Å². The molecular weight excluding hydrogens is 175 g/mol. The average Bonchev–Trinajstić information content (AvgIpc) is 2.06. The molecule has 0 aromatic rings. The van der Waals surface area contributed by atoms with E-state index in [0.29, 0.717) is 13.2 Å². The van der Waals surface area contributed by atoms with Gasteiger partial charge in [0.2, 0.25) is 0 Å². The molecule has 0 radical (unpaired) electrons. The van der Waals surface area contributed by atoms with Crippen molar-refractivity contribution in [3.63, 3.8) is 0 Å². The lowest BCUT2D eigenvalue weighted by molar-refractivity contribution is 0.0224. The minimum Gasteiger partial charge on any atom is -0.382 e. The molecule has 72 valence electrons. The van der Waals surface area contributed by atoms with Crippen molar-refractivity contribution in [2.75, 3.05) is 26.5 Å². The predicted octanol–water partition coefficient (Wildman–Crippen LogP) is 2.11. The minimum atomic E-state index is 0.236. The molecule has 0 saturated heterocycles. The summed E-state index contributed by atoms with van der Waals surface area (Å²) in [5, 5.41) is 0. The molecule has 3 nitrogen and oxygen atoms in total. The zero-order valence-corrected chi connectivity index (χ0v) is 8.68. The molecule has 0 aliphatic carbocycles. The van der Waals surface area contributed by atoms with Crippen LogP contribution in [0.15, 0.2) is 0 Å². The van der Waals surface area contributed by atoms with Gasteiger partial charge in [-0.3, -0.25) is 4.57 Å². The van der Waals surface area contributed by atoms with Gasteiger partial charge in [-0.2, -0.15) is 0 Å². The fourth-order valence-corrected chi connectivity index (χ4v) is 1.17. The Kier molecular flexibility index (Phi) is 9.13. The van der Waals surface area contributed by atoms with E-state index in [9.17, 15) is 4.57 Å². The zero-order chi connectivity index (χ0) is 9.23. The van der Waals surface area contributed by atoms with Crippen LogP contribution in [0.5, 0.6) is 0 Å². The highest BCUT2D eigenvalue weighted by Gasteiger charge is 2.00. The topological polar surface area (TPSA) is 35.5 Å². The first-order chi connectivity index (χ1) is 5.81. The van der Waals surface area contributed by atoms with E-state index in [0.717, 1.165) is 19.0 Å². The molecule has 1 unspecified atom stereocenters. The average molecular weight is 192 g/mol. The summed E-state index contributed by atoms with van der Waals surface area (Å²) < 4.78 is 20.3. The lowest BCUT2D eigenvalue weighted by Gasteiger charge is -2.11. The fourth-order valence-electron chi connectivity index (χ4n) is 0.859. The van der Waals surface area contributed by atoms with E-state index in [1.807, 2.05) is 6.92 Å². The smallest absolute Gasteiger partial charge is 0.155 e. The van der Waals surface area contributed by atoms with E-state index in [1.54, 1.807) is 7.11 Å². The van der Waals surface area contributed by atoms with Crippen LogP contribution in [0.1, 0.15) is 19.8 Å². The van der Waals surface area contributed by atoms with Gasteiger partial charge in [0, 0.05) is 13.3 Å². The van der Waals surface area contributed by atoms with Crippen LogP contribution in [0.25, 0.3) is 0 Å². The van der Waals surface area contributed by atoms with Crippen molar-refractivity contribution in [3.8, 4) is 0 Å². The molecular formula is C8H17O3P. The van der Waals surface area contributed by atoms with E-state index < -0.39 is 0 Å². The first-order valence-corrected chi connectivity index (χ1v) is 5.20. The zero-order valence-electron chi connectivity index (χ0n) is 7.78. The lowest BCUT2D eigenvalue weighted by atomic mass is 10.2. The molecule has 0 aromatic heterocycles. The molecule has 0 bridgehead atoms. The summed E-state index contributed by atoms with van der Waals surface area (Å²) in [6, 6.07) is 0. The van der Waals surface area contributed by atoms with Gasteiger partial charge in [0.25, 0.3) is 0 Å². The van der Waals surface area contributed by atoms with Crippen LogP contribution in [0.3, 0.4) is 0 Å². The highest BCUT2D eigenvalue weighted by Crippen LogP contribution is 2.05. The summed E-state index contributed by atoms with van der Waals surface area (Å²) in [4.78, 5) is 0. The van der Waals surface area contributed by atoms with Crippen LogP contribution < -0.4 is 0 Å². The highest BCUT2D eigenvalue weighted by atomic mass is 31.1. The molecule has 0 spiro atoms. The number of rotatable bonds is 8. The molecule has 1 atom stereocenters. The quantitative estimate of drug-likeness (QED) is 0.436. The van der Waals surface area contributed by atoms with Crippen molar-refractivity contribution in [1.82, 2.24) is 0 Å². The molecule has 0 heterocycles. The fraction of sp³-hybridized carbons (Fsp3) is 1.00. The first-order valence-electron chi connectivity index (χ1n) is 4.21. The molecule has 0 saturated carbocycles. The third-order valence-corrected chi connectivity index (χ3v) is 2.05. The number of methoxy groups -OCH3 is 1. The number of hydrogen-bond donors (Lipinski definition) is 0. The van der Waals surface area contributed by atoms with Crippen LogP contribution in [-0.4, -0.2) is 32.6 Å². The van der Waals surface area contributed by atoms with E-state index >= 15 is 0 Å². The Hall–Kier alpha value is 0.0200. The van der Waals surface area contributed by atoms with Crippen LogP contribution >= 0.6 is 8.46 Å². The lowest BCUT2D eigenvalue weighted by Crippen LogP contribution is -2.12. The maximum atomic E-state index is 10.1. The Bertz CT molecular complexity index is 108. The van der Waals surface area contributed by atoms with Crippen molar-refractivity contribution >= 4 is 8.46 Å². The standard InChI is InChI=1S/C8H17O3P/c1-8(4-3-7-12-9)11-6-5-10-2/h8H,3-7H2,1-2H3. The molecule has 0 aliphatic heterocycles. The van der Waals surface area contributed by atoms with Crippen molar-refractivity contribution < 1.29 is 14.0 Å². The van der Waals surface area contributed by atoms with Crippen LogP contribution in [0.4, 0.5) is 0 Å². The molecule has 0 N–H and O–H groups in total. The summed E-state index contributed by atoms with van der Waals surface area (Å²) in [7, 11) is 1.89. The van der Waals surface area contributed by atoms with Gasteiger partial charge in [-0.25, -0.2) is 0 Å². The minimum absolute atomic E-state index is 0.236. The van der Waals surface area contributed by atoms with Crippen molar-refractivity contribution in [1.29, 1.82) is 0 Å². The van der Waals surface area contributed by atoms with E-state index in [4.69, 9.17) is 9.47 Å². The molecule has 0 aromatic carbocycles. The summed E-state index contributed by atoms with van der Waals surface area (Å²) >= 11 is 0. The summed E-state index contributed by atoms with van der Waals surface area (Å²) in [6.45, 7) is 3.31. The molecule has 0 rings (SSSR count). The molecule has 4 heteroatoms. The Balaban J connectivity index is 3.09. The Morgan fingerprint density at radius 3 is 2.75 bits per heavy atom. The van der Waals surface area contributed by atoms with Gasteiger partial charge < -0.3 is 9.47 Å². The Morgan fingerprint density at radius 1 is 1.42 bits per heavy atom. The third-order valence-electron chi connectivity index (χ3n) is 1.55. The van der Waals surface area contributed by atoms with E-state index in [-0.39, 0.29) is 14.6 Å². The summed E-state index contributed by atoms with van der Waals surface area (Å²) in [5.74, 6) is 0. The van der Waals surface area contributed by atoms with E-state index in [1.165, 1.54) is 0 Å². The monoisotopic (exact) mass is 192 g/mol. The van der Waals surface area contributed by atoms with Gasteiger partial charge in [-0.05, 0) is 19.8 Å².